The van der Waals surface area contributed by atoms with Crippen molar-refractivity contribution in [3.8, 4) is 0 Å². The number of rotatable bonds is 5. The van der Waals surface area contributed by atoms with Crippen LogP contribution in [0.4, 0.5) is 11.4 Å². The van der Waals surface area contributed by atoms with E-state index in [2.05, 4.69) is 5.32 Å². The van der Waals surface area contributed by atoms with Crippen LogP contribution in [0.5, 0.6) is 0 Å². The molecule has 0 aliphatic rings. The van der Waals surface area contributed by atoms with Crippen LogP contribution in [0.15, 0.2) is 45.9 Å². The fourth-order valence-electron chi connectivity index (χ4n) is 1.50. The second-order valence-corrected chi connectivity index (χ2v) is 5.42. The molecular formula is C11H11N3O5S. The van der Waals surface area contributed by atoms with Crippen LogP contribution < -0.4 is 10.5 Å². The average Bonchev–Trinajstić information content (AvgIpc) is 2.85. The smallest absolute Gasteiger partial charge is 0.271 e. The van der Waals surface area contributed by atoms with Crippen molar-refractivity contribution in [1.82, 2.24) is 0 Å². The summed E-state index contributed by atoms with van der Waals surface area (Å²) in [6.07, 6.45) is 0. The summed E-state index contributed by atoms with van der Waals surface area (Å²) in [6, 6.07) is 8.56. The highest BCUT2D eigenvalue weighted by atomic mass is 32.2. The first kappa shape index (κ1) is 14.0. The first-order valence-electron chi connectivity index (χ1n) is 5.46. The Hall–Kier alpha value is -2.39. The zero-order valence-electron chi connectivity index (χ0n) is 10.1. The van der Waals surface area contributed by atoms with Crippen molar-refractivity contribution in [2.75, 3.05) is 5.32 Å². The molecule has 1 heterocycles. The number of nitro groups is 1. The standard InChI is InChI=1S/C11H11N3O5S/c12-20(17,18)11-6-5-10(19-11)7-13-8-1-3-9(4-2-8)14(15)16/h1-6,13H,7H2,(H2,12,17,18). The number of sulfonamides is 1. The van der Waals surface area contributed by atoms with E-state index in [1.807, 2.05) is 0 Å². The Morgan fingerprint density at radius 2 is 1.85 bits per heavy atom. The van der Waals surface area contributed by atoms with Crippen LogP contribution in [0.3, 0.4) is 0 Å². The molecule has 0 unspecified atom stereocenters. The lowest BCUT2D eigenvalue weighted by Gasteiger charge is -2.03. The van der Waals surface area contributed by atoms with Gasteiger partial charge in [-0.15, -0.1) is 0 Å². The van der Waals surface area contributed by atoms with Gasteiger partial charge in [0.2, 0.25) is 5.09 Å². The summed E-state index contributed by atoms with van der Waals surface area (Å²) < 4.78 is 27.1. The van der Waals surface area contributed by atoms with Crippen molar-refractivity contribution in [3.63, 3.8) is 0 Å². The van der Waals surface area contributed by atoms with Crippen molar-refractivity contribution >= 4 is 21.4 Å². The molecule has 0 aliphatic carbocycles. The molecule has 1 aromatic carbocycles. The molecule has 0 spiro atoms. The molecule has 0 saturated heterocycles. The third kappa shape index (κ3) is 3.33. The molecule has 1 aromatic heterocycles. The second kappa shape index (κ2) is 5.31. The summed E-state index contributed by atoms with van der Waals surface area (Å²) in [5, 5.41) is 18.0. The number of hydrogen-bond acceptors (Lipinski definition) is 6. The maximum Gasteiger partial charge on any atom is 0.271 e. The molecule has 0 saturated carbocycles. The summed E-state index contributed by atoms with van der Waals surface area (Å²) in [4.78, 5) is 10.00. The highest BCUT2D eigenvalue weighted by molar-refractivity contribution is 7.89. The Balaban J connectivity index is 2.02. The van der Waals surface area contributed by atoms with Gasteiger partial charge in [0, 0.05) is 17.8 Å². The molecule has 8 nitrogen and oxygen atoms in total. The molecular weight excluding hydrogens is 286 g/mol. The fourth-order valence-corrected chi connectivity index (χ4v) is 1.98. The molecule has 0 amide bonds. The Bertz CT molecular complexity index is 721. The first-order chi connectivity index (χ1) is 9.36. The number of anilines is 1. The normalized spacial score (nSPS) is 11.2. The van der Waals surface area contributed by atoms with Crippen molar-refractivity contribution in [2.45, 2.75) is 11.6 Å². The summed E-state index contributed by atoms with van der Waals surface area (Å²) in [5.74, 6) is 0.382. The van der Waals surface area contributed by atoms with Crippen molar-refractivity contribution in [3.05, 3.63) is 52.3 Å². The molecule has 0 radical (unpaired) electrons. The third-order valence-corrected chi connectivity index (χ3v) is 3.24. The van der Waals surface area contributed by atoms with Crippen LogP contribution >= 0.6 is 0 Å². The molecule has 20 heavy (non-hydrogen) atoms. The summed E-state index contributed by atoms with van der Waals surface area (Å²) >= 11 is 0. The Morgan fingerprint density at radius 1 is 1.20 bits per heavy atom. The number of non-ortho nitro benzene ring substituents is 1. The Morgan fingerprint density at radius 3 is 2.35 bits per heavy atom. The van der Waals surface area contributed by atoms with E-state index in [1.165, 1.54) is 24.3 Å². The van der Waals surface area contributed by atoms with Crippen LogP contribution in [0.1, 0.15) is 5.76 Å². The Labute approximate surface area is 114 Å². The first-order valence-corrected chi connectivity index (χ1v) is 7.01. The summed E-state index contributed by atoms with van der Waals surface area (Å²) in [7, 11) is -3.85. The lowest BCUT2D eigenvalue weighted by molar-refractivity contribution is -0.384. The van der Waals surface area contributed by atoms with Crippen LogP contribution in [0.2, 0.25) is 0 Å². The van der Waals surface area contributed by atoms with Crippen molar-refractivity contribution in [1.29, 1.82) is 0 Å². The van der Waals surface area contributed by atoms with Gasteiger partial charge in [-0.1, -0.05) is 0 Å². The Kier molecular flexibility index (Phi) is 3.72. The third-order valence-electron chi connectivity index (χ3n) is 2.46. The van der Waals surface area contributed by atoms with E-state index in [0.717, 1.165) is 0 Å². The molecule has 0 aliphatic heterocycles. The molecule has 9 heteroatoms. The zero-order valence-corrected chi connectivity index (χ0v) is 11.0. The van der Waals surface area contributed by atoms with Crippen LogP contribution in [-0.2, 0) is 16.6 Å². The van der Waals surface area contributed by atoms with E-state index in [0.29, 0.717) is 11.4 Å². The van der Waals surface area contributed by atoms with Gasteiger partial charge < -0.3 is 9.73 Å². The highest BCUT2D eigenvalue weighted by Gasteiger charge is 2.13. The quantitative estimate of drug-likeness (QED) is 0.634. The van der Waals surface area contributed by atoms with E-state index in [-0.39, 0.29) is 17.3 Å². The number of nitrogens with zero attached hydrogens (tertiary/aromatic N) is 1. The topological polar surface area (TPSA) is 128 Å². The van der Waals surface area contributed by atoms with E-state index in [4.69, 9.17) is 9.56 Å². The largest absolute Gasteiger partial charge is 0.446 e. The SMILES string of the molecule is NS(=O)(=O)c1ccc(CNc2ccc([N+](=O)[O-])cc2)o1. The van der Waals surface area contributed by atoms with Gasteiger partial charge in [-0.3, -0.25) is 10.1 Å². The maximum absolute atomic E-state index is 11.0. The number of hydrogen-bond donors (Lipinski definition) is 2. The summed E-state index contributed by atoms with van der Waals surface area (Å²) in [5.41, 5.74) is 0.634. The minimum absolute atomic E-state index is 0.00920. The van der Waals surface area contributed by atoms with Gasteiger partial charge in [-0.05, 0) is 24.3 Å². The minimum atomic E-state index is -3.85. The van der Waals surface area contributed by atoms with Crippen LogP contribution in [0.25, 0.3) is 0 Å². The van der Waals surface area contributed by atoms with E-state index >= 15 is 0 Å². The van der Waals surface area contributed by atoms with Crippen LogP contribution in [0, 0.1) is 10.1 Å². The number of nitro benzene ring substituents is 1. The number of furan rings is 1. The van der Waals surface area contributed by atoms with Crippen molar-refractivity contribution in [2.24, 2.45) is 5.14 Å². The van der Waals surface area contributed by atoms with Gasteiger partial charge in [0.25, 0.3) is 15.7 Å². The van der Waals surface area contributed by atoms with Gasteiger partial charge in [-0.2, -0.15) is 0 Å². The van der Waals surface area contributed by atoms with Gasteiger partial charge in [0.05, 0.1) is 11.5 Å². The van der Waals surface area contributed by atoms with Crippen molar-refractivity contribution < 1.29 is 17.8 Å². The number of primary sulfonamides is 1. The van der Waals surface area contributed by atoms with Gasteiger partial charge in [-0.25, -0.2) is 13.6 Å². The zero-order chi connectivity index (χ0) is 14.8. The predicted molar refractivity (Wildman–Crippen MR) is 70.5 cm³/mol. The average molecular weight is 297 g/mol. The molecule has 106 valence electrons. The molecule has 2 rings (SSSR count). The van der Waals surface area contributed by atoms with E-state index in [1.54, 1.807) is 12.1 Å². The van der Waals surface area contributed by atoms with E-state index in [9.17, 15) is 18.5 Å². The number of benzene rings is 1. The lowest BCUT2D eigenvalue weighted by Crippen LogP contribution is -2.10. The van der Waals surface area contributed by atoms with Gasteiger partial charge >= 0.3 is 0 Å². The number of nitrogens with two attached hydrogens (primary N) is 1. The maximum atomic E-state index is 11.0. The van der Waals surface area contributed by atoms with E-state index < -0.39 is 14.9 Å². The fraction of sp³-hybridized carbons (Fsp3) is 0.0909. The molecule has 0 fully saturated rings. The molecule has 0 atom stereocenters. The molecule has 2 aromatic rings. The van der Waals surface area contributed by atoms with Crippen LogP contribution in [-0.4, -0.2) is 13.3 Å². The highest BCUT2D eigenvalue weighted by Crippen LogP contribution is 2.17. The minimum Gasteiger partial charge on any atom is -0.446 e. The molecule has 3 N–H and O–H groups in total. The molecule has 0 bridgehead atoms. The lowest BCUT2D eigenvalue weighted by atomic mass is 10.3. The predicted octanol–water partition coefficient (Wildman–Crippen LogP) is 1.45. The van der Waals surface area contributed by atoms with Gasteiger partial charge in [0.15, 0.2) is 0 Å². The van der Waals surface area contributed by atoms with Gasteiger partial charge in [0.1, 0.15) is 5.76 Å². The monoisotopic (exact) mass is 297 g/mol. The number of nitrogens with one attached hydrogen (secondary N) is 1. The second-order valence-electron chi connectivity index (χ2n) is 3.92. The summed E-state index contributed by atoms with van der Waals surface area (Å²) in [6.45, 7) is 0.229.